The van der Waals surface area contributed by atoms with Crippen LogP contribution in [0.4, 0.5) is 0 Å². The molecule has 0 aromatic carbocycles. The largest absolute Gasteiger partial charge is 0.481 e. The van der Waals surface area contributed by atoms with E-state index in [1.54, 1.807) is 0 Å². The van der Waals surface area contributed by atoms with E-state index in [-0.39, 0.29) is 26.1 Å². The maximum Gasteiger partial charge on any atom is 0.303 e. The zero-order valence-corrected chi connectivity index (χ0v) is 10.7. The van der Waals surface area contributed by atoms with E-state index >= 15 is 0 Å². The first-order chi connectivity index (χ1) is 8.54. The molecule has 18 heavy (non-hydrogen) atoms. The number of carboxylic acid groups (broad SMARTS) is 2. The third-order valence-electron chi connectivity index (χ3n) is 2.13. The number of aliphatic hydroxyl groups is 2. The number of aliphatic hydroxyl groups excluding tert-OH is 2. The number of carbonyl (C=O) groups is 2. The van der Waals surface area contributed by atoms with Crippen LogP contribution in [0.1, 0.15) is 51.4 Å². The van der Waals surface area contributed by atoms with Crippen LogP contribution >= 0.6 is 0 Å². The first kappa shape index (κ1) is 19.2. The molecule has 0 radical (unpaired) electrons. The van der Waals surface area contributed by atoms with Crippen molar-refractivity contribution in [1.29, 1.82) is 0 Å². The summed E-state index contributed by atoms with van der Waals surface area (Å²) in [5, 5.41) is 32.0. The summed E-state index contributed by atoms with van der Waals surface area (Å²) in [5.41, 5.74) is 0. The Kier molecular flexibility index (Phi) is 16.9. The zero-order chi connectivity index (χ0) is 14.2. The highest BCUT2D eigenvalue weighted by atomic mass is 16.4. The van der Waals surface area contributed by atoms with Gasteiger partial charge < -0.3 is 20.4 Å². The van der Waals surface area contributed by atoms with Crippen LogP contribution in [0.5, 0.6) is 0 Å². The number of hydrogen-bond acceptors (Lipinski definition) is 4. The molecule has 0 aliphatic carbocycles. The van der Waals surface area contributed by atoms with Gasteiger partial charge in [0.15, 0.2) is 0 Å². The number of unbranched alkanes of at least 4 members (excludes halogenated alkanes) is 5. The molecular formula is C12H24O6. The van der Waals surface area contributed by atoms with Gasteiger partial charge in [-0.2, -0.15) is 0 Å². The van der Waals surface area contributed by atoms with Crippen molar-refractivity contribution in [1.82, 2.24) is 0 Å². The maximum atomic E-state index is 10.1. The van der Waals surface area contributed by atoms with Crippen LogP contribution in [0.15, 0.2) is 0 Å². The van der Waals surface area contributed by atoms with Gasteiger partial charge in [0.1, 0.15) is 0 Å². The van der Waals surface area contributed by atoms with Crippen LogP contribution in [0.25, 0.3) is 0 Å². The van der Waals surface area contributed by atoms with Crippen molar-refractivity contribution >= 4 is 11.9 Å². The predicted molar refractivity (Wildman–Crippen MR) is 66.4 cm³/mol. The second-order valence-corrected chi connectivity index (χ2v) is 3.86. The van der Waals surface area contributed by atoms with Crippen LogP contribution in [-0.4, -0.2) is 45.6 Å². The van der Waals surface area contributed by atoms with E-state index in [1.165, 1.54) is 0 Å². The molecule has 0 saturated heterocycles. The third-order valence-corrected chi connectivity index (χ3v) is 2.13. The van der Waals surface area contributed by atoms with Crippen molar-refractivity contribution in [3.8, 4) is 0 Å². The standard InChI is InChI=1S/C10H18O4.C2H6O2/c11-9(12)7-5-3-1-2-4-6-8-10(13)14;3-1-2-4/h1-8H2,(H,11,12)(H,13,14);3-4H,1-2H2. The highest BCUT2D eigenvalue weighted by Crippen LogP contribution is 2.08. The fourth-order valence-electron chi connectivity index (χ4n) is 1.26. The Morgan fingerprint density at radius 2 is 0.889 bits per heavy atom. The third kappa shape index (κ3) is 24.2. The first-order valence-electron chi connectivity index (χ1n) is 6.20. The van der Waals surface area contributed by atoms with Crippen molar-refractivity contribution < 1.29 is 30.0 Å². The van der Waals surface area contributed by atoms with E-state index in [4.69, 9.17) is 20.4 Å². The van der Waals surface area contributed by atoms with Gasteiger partial charge in [0, 0.05) is 12.8 Å². The normalized spacial score (nSPS) is 9.44. The van der Waals surface area contributed by atoms with E-state index in [0.29, 0.717) is 0 Å². The molecule has 0 aliphatic rings. The molecule has 4 N–H and O–H groups in total. The van der Waals surface area contributed by atoms with E-state index in [9.17, 15) is 9.59 Å². The Bertz CT molecular complexity index is 183. The molecule has 0 unspecified atom stereocenters. The van der Waals surface area contributed by atoms with E-state index in [2.05, 4.69) is 0 Å². The minimum absolute atomic E-state index is 0.125. The van der Waals surface area contributed by atoms with Gasteiger partial charge in [-0.3, -0.25) is 9.59 Å². The van der Waals surface area contributed by atoms with Gasteiger partial charge in [-0.1, -0.05) is 25.7 Å². The summed E-state index contributed by atoms with van der Waals surface area (Å²) in [4.78, 5) is 20.3. The lowest BCUT2D eigenvalue weighted by Gasteiger charge is -1.98. The number of rotatable bonds is 10. The number of hydrogen-bond donors (Lipinski definition) is 4. The van der Waals surface area contributed by atoms with Gasteiger partial charge in [-0.25, -0.2) is 0 Å². The molecule has 0 fully saturated rings. The molecule has 108 valence electrons. The Morgan fingerprint density at radius 1 is 0.611 bits per heavy atom. The lowest BCUT2D eigenvalue weighted by Crippen LogP contribution is -1.94. The van der Waals surface area contributed by atoms with Crippen LogP contribution < -0.4 is 0 Å². The quantitative estimate of drug-likeness (QED) is 0.441. The molecule has 0 saturated carbocycles. The molecule has 0 bridgehead atoms. The van der Waals surface area contributed by atoms with Gasteiger partial charge >= 0.3 is 11.9 Å². The molecular weight excluding hydrogens is 240 g/mol. The van der Waals surface area contributed by atoms with Crippen molar-refractivity contribution in [3.63, 3.8) is 0 Å². The highest BCUT2D eigenvalue weighted by Gasteiger charge is 1.98. The van der Waals surface area contributed by atoms with E-state index < -0.39 is 11.9 Å². The first-order valence-corrected chi connectivity index (χ1v) is 6.20. The smallest absolute Gasteiger partial charge is 0.303 e. The Labute approximate surface area is 107 Å². The summed E-state index contributed by atoms with van der Waals surface area (Å²) >= 11 is 0. The van der Waals surface area contributed by atoms with Crippen molar-refractivity contribution in [3.05, 3.63) is 0 Å². The molecule has 6 nitrogen and oxygen atoms in total. The summed E-state index contributed by atoms with van der Waals surface area (Å²) < 4.78 is 0. The fraction of sp³-hybridized carbons (Fsp3) is 0.833. The molecule has 6 heteroatoms. The molecule has 0 aromatic rings. The monoisotopic (exact) mass is 264 g/mol. The van der Waals surface area contributed by atoms with Gasteiger partial charge in [-0.15, -0.1) is 0 Å². The number of carboxylic acids is 2. The van der Waals surface area contributed by atoms with Gasteiger partial charge in [0.25, 0.3) is 0 Å². The van der Waals surface area contributed by atoms with Gasteiger partial charge in [0.2, 0.25) is 0 Å². The second kappa shape index (κ2) is 15.9. The van der Waals surface area contributed by atoms with Crippen LogP contribution in [0.2, 0.25) is 0 Å². The SMILES string of the molecule is O=C(O)CCCCCCCCC(=O)O.OCCO. The maximum absolute atomic E-state index is 10.1. The summed E-state index contributed by atoms with van der Waals surface area (Å²) in [5.74, 6) is -1.48. The predicted octanol–water partition coefficient (Wildman–Crippen LogP) is 1.25. The van der Waals surface area contributed by atoms with Gasteiger partial charge in [-0.05, 0) is 12.8 Å². The molecule has 0 aliphatic heterocycles. The lowest BCUT2D eigenvalue weighted by molar-refractivity contribution is -0.138. The zero-order valence-electron chi connectivity index (χ0n) is 10.7. The topological polar surface area (TPSA) is 115 Å². The van der Waals surface area contributed by atoms with Crippen LogP contribution in [-0.2, 0) is 9.59 Å². The van der Waals surface area contributed by atoms with Crippen molar-refractivity contribution in [2.75, 3.05) is 13.2 Å². The second-order valence-electron chi connectivity index (χ2n) is 3.86. The minimum atomic E-state index is -0.740. The van der Waals surface area contributed by atoms with E-state index in [1.807, 2.05) is 0 Å². The van der Waals surface area contributed by atoms with Crippen molar-refractivity contribution in [2.24, 2.45) is 0 Å². The summed E-state index contributed by atoms with van der Waals surface area (Å²) in [6.07, 6.45) is 5.82. The molecule has 0 amide bonds. The minimum Gasteiger partial charge on any atom is -0.481 e. The summed E-state index contributed by atoms with van der Waals surface area (Å²) in [6, 6.07) is 0. The van der Waals surface area contributed by atoms with Crippen LogP contribution in [0, 0.1) is 0 Å². The lowest BCUT2D eigenvalue weighted by atomic mass is 10.1. The number of aliphatic carboxylic acids is 2. The Balaban J connectivity index is 0. The van der Waals surface area contributed by atoms with Crippen LogP contribution in [0.3, 0.4) is 0 Å². The molecule has 0 aromatic heterocycles. The van der Waals surface area contributed by atoms with Gasteiger partial charge in [0.05, 0.1) is 13.2 Å². The summed E-state index contributed by atoms with van der Waals surface area (Å²) in [7, 11) is 0. The molecule has 0 heterocycles. The molecule has 0 rings (SSSR count). The average Bonchev–Trinajstić information content (AvgIpc) is 2.32. The highest BCUT2D eigenvalue weighted by molar-refractivity contribution is 5.66. The Hall–Kier alpha value is -1.14. The summed E-state index contributed by atoms with van der Waals surface area (Å²) in [6.45, 7) is -0.250. The molecule has 0 atom stereocenters. The average molecular weight is 264 g/mol. The van der Waals surface area contributed by atoms with E-state index in [0.717, 1.165) is 38.5 Å². The Morgan fingerprint density at radius 3 is 1.11 bits per heavy atom. The fourth-order valence-corrected chi connectivity index (χ4v) is 1.26. The molecule has 0 spiro atoms. The van der Waals surface area contributed by atoms with Crippen molar-refractivity contribution in [2.45, 2.75) is 51.4 Å².